The molecule has 1 fully saturated rings. The van der Waals surface area contributed by atoms with Gasteiger partial charge in [0.2, 0.25) is 11.8 Å². The van der Waals surface area contributed by atoms with E-state index >= 15 is 0 Å². The maximum atomic E-state index is 12.5. The van der Waals surface area contributed by atoms with Crippen LogP contribution < -0.4 is 5.32 Å². The highest BCUT2D eigenvalue weighted by Gasteiger charge is 2.47. The topological polar surface area (TPSA) is 49.4 Å². The fourth-order valence-corrected chi connectivity index (χ4v) is 2.55. The van der Waals surface area contributed by atoms with E-state index in [1.807, 2.05) is 20.8 Å². The minimum absolute atomic E-state index is 0.0626. The standard InChI is InChI=1S/C13H23FN2O2/c1-4-10-11(17)15-13(5-2,6-3)12(18)16(10)9-7-8-14/h10H,4-9H2,1-3H3,(H,15,17). The summed E-state index contributed by atoms with van der Waals surface area (Å²) in [5, 5.41) is 2.86. The van der Waals surface area contributed by atoms with Crippen LogP contribution in [0.4, 0.5) is 4.39 Å². The van der Waals surface area contributed by atoms with E-state index in [9.17, 15) is 14.0 Å². The Morgan fingerprint density at radius 3 is 2.33 bits per heavy atom. The molecule has 0 aromatic heterocycles. The molecule has 104 valence electrons. The summed E-state index contributed by atoms with van der Waals surface area (Å²) in [5.74, 6) is -0.174. The largest absolute Gasteiger partial charge is 0.340 e. The van der Waals surface area contributed by atoms with Gasteiger partial charge < -0.3 is 10.2 Å². The van der Waals surface area contributed by atoms with Crippen LogP contribution in [0.15, 0.2) is 0 Å². The second-order valence-corrected chi connectivity index (χ2v) is 4.74. The minimum atomic E-state index is -0.793. The Kier molecular flexibility index (Phi) is 5.11. The molecule has 18 heavy (non-hydrogen) atoms. The first kappa shape index (κ1) is 14.9. The fourth-order valence-electron chi connectivity index (χ4n) is 2.55. The molecule has 0 saturated carbocycles. The predicted molar refractivity (Wildman–Crippen MR) is 67.8 cm³/mol. The molecule has 0 bridgehead atoms. The maximum absolute atomic E-state index is 12.5. The average Bonchev–Trinajstić information content (AvgIpc) is 2.39. The Balaban J connectivity index is 2.99. The van der Waals surface area contributed by atoms with Crippen molar-refractivity contribution in [2.24, 2.45) is 0 Å². The second kappa shape index (κ2) is 6.16. The molecule has 1 unspecified atom stereocenters. The maximum Gasteiger partial charge on any atom is 0.248 e. The van der Waals surface area contributed by atoms with Gasteiger partial charge in [-0.2, -0.15) is 0 Å². The number of nitrogens with one attached hydrogen (secondary N) is 1. The number of halogens is 1. The summed E-state index contributed by atoms with van der Waals surface area (Å²) in [6.07, 6.45) is 1.99. The molecule has 1 aliphatic rings. The molecule has 1 heterocycles. The molecule has 0 spiro atoms. The number of hydrogen-bond acceptors (Lipinski definition) is 2. The molecule has 5 heteroatoms. The molecular formula is C13H23FN2O2. The zero-order chi connectivity index (χ0) is 13.8. The van der Waals surface area contributed by atoms with E-state index in [4.69, 9.17) is 0 Å². The van der Waals surface area contributed by atoms with Gasteiger partial charge in [-0.15, -0.1) is 0 Å². The predicted octanol–water partition coefficient (Wildman–Crippen LogP) is 1.64. The van der Waals surface area contributed by atoms with Crippen LogP contribution >= 0.6 is 0 Å². The van der Waals surface area contributed by atoms with Gasteiger partial charge in [-0.05, 0) is 25.7 Å². The minimum Gasteiger partial charge on any atom is -0.340 e. The Morgan fingerprint density at radius 2 is 1.89 bits per heavy atom. The summed E-state index contributed by atoms with van der Waals surface area (Å²) in [5.41, 5.74) is -0.793. The highest BCUT2D eigenvalue weighted by Crippen LogP contribution is 2.26. The van der Waals surface area contributed by atoms with E-state index in [0.717, 1.165) is 0 Å². The van der Waals surface area contributed by atoms with Crippen LogP contribution in [0.2, 0.25) is 0 Å². The van der Waals surface area contributed by atoms with E-state index in [1.165, 1.54) is 0 Å². The molecule has 1 aliphatic heterocycles. The highest BCUT2D eigenvalue weighted by atomic mass is 19.1. The molecule has 0 aliphatic carbocycles. The highest BCUT2D eigenvalue weighted by molar-refractivity contribution is 5.99. The van der Waals surface area contributed by atoms with Crippen molar-refractivity contribution in [3.8, 4) is 0 Å². The quantitative estimate of drug-likeness (QED) is 0.787. The third-order valence-electron chi connectivity index (χ3n) is 3.84. The number of carbonyl (C=O) groups excluding carboxylic acids is 2. The third-order valence-corrected chi connectivity index (χ3v) is 3.84. The number of piperazine rings is 1. The van der Waals surface area contributed by atoms with Gasteiger partial charge >= 0.3 is 0 Å². The lowest BCUT2D eigenvalue weighted by atomic mass is 9.86. The molecule has 1 rings (SSSR count). The summed E-state index contributed by atoms with van der Waals surface area (Å²) >= 11 is 0. The molecule has 2 amide bonds. The Hall–Kier alpha value is -1.13. The zero-order valence-electron chi connectivity index (χ0n) is 11.5. The van der Waals surface area contributed by atoms with Crippen molar-refractivity contribution in [2.45, 2.75) is 58.0 Å². The smallest absolute Gasteiger partial charge is 0.248 e. The van der Waals surface area contributed by atoms with E-state index in [-0.39, 0.29) is 11.8 Å². The lowest BCUT2D eigenvalue weighted by Crippen LogP contribution is -2.70. The van der Waals surface area contributed by atoms with E-state index in [2.05, 4.69) is 5.32 Å². The zero-order valence-corrected chi connectivity index (χ0v) is 11.5. The molecule has 0 radical (unpaired) electrons. The Morgan fingerprint density at radius 1 is 1.28 bits per heavy atom. The molecule has 4 nitrogen and oxygen atoms in total. The van der Waals surface area contributed by atoms with Crippen molar-refractivity contribution in [3.05, 3.63) is 0 Å². The van der Waals surface area contributed by atoms with Crippen LogP contribution in [-0.2, 0) is 9.59 Å². The van der Waals surface area contributed by atoms with Gasteiger partial charge in [0.05, 0.1) is 6.67 Å². The number of amides is 2. The van der Waals surface area contributed by atoms with Gasteiger partial charge in [-0.1, -0.05) is 20.8 Å². The lowest BCUT2D eigenvalue weighted by Gasteiger charge is -2.45. The van der Waals surface area contributed by atoms with Crippen molar-refractivity contribution in [1.82, 2.24) is 10.2 Å². The Labute approximate surface area is 108 Å². The Bertz CT molecular complexity index is 316. The molecule has 1 N–H and O–H groups in total. The summed E-state index contributed by atoms with van der Waals surface area (Å²) in [4.78, 5) is 26.2. The normalized spacial score (nSPS) is 23.1. The van der Waals surface area contributed by atoms with Gasteiger partial charge in [0.25, 0.3) is 0 Å². The van der Waals surface area contributed by atoms with E-state index < -0.39 is 18.3 Å². The monoisotopic (exact) mass is 258 g/mol. The SMILES string of the molecule is CCC1C(=O)NC(CC)(CC)C(=O)N1CCCF. The van der Waals surface area contributed by atoms with Crippen molar-refractivity contribution in [2.75, 3.05) is 13.2 Å². The molecular weight excluding hydrogens is 235 g/mol. The van der Waals surface area contributed by atoms with Crippen LogP contribution in [0.1, 0.15) is 46.5 Å². The van der Waals surface area contributed by atoms with Crippen LogP contribution in [0.5, 0.6) is 0 Å². The first-order valence-corrected chi connectivity index (χ1v) is 6.75. The molecule has 0 aromatic carbocycles. The van der Waals surface area contributed by atoms with Crippen molar-refractivity contribution >= 4 is 11.8 Å². The number of rotatable bonds is 6. The van der Waals surface area contributed by atoms with Gasteiger partial charge in [0.15, 0.2) is 0 Å². The van der Waals surface area contributed by atoms with Crippen molar-refractivity contribution in [1.29, 1.82) is 0 Å². The molecule has 1 saturated heterocycles. The van der Waals surface area contributed by atoms with Crippen molar-refractivity contribution < 1.29 is 14.0 Å². The van der Waals surface area contributed by atoms with Gasteiger partial charge in [-0.3, -0.25) is 14.0 Å². The number of hydrogen-bond donors (Lipinski definition) is 1. The summed E-state index contributed by atoms with van der Waals surface area (Å²) in [6, 6.07) is -0.449. The van der Waals surface area contributed by atoms with Crippen molar-refractivity contribution in [3.63, 3.8) is 0 Å². The van der Waals surface area contributed by atoms with E-state index in [1.54, 1.807) is 4.90 Å². The van der Waals surface area contributed by atoms with Crippen LogP contribution in [0, 0.1) is 0 Å². The van der Waals surface area contributed by atoms with Gasteiger partial charge in [0.1, 0.15) is 11.6 Å². The number of carbonyl (C=O) groups is 2. The number of nitrogens with zero attached hydrogens (tertiary/aromatic N) is 1. The number of alkyl halides is 1. The van der Waals surface area contributed by atoms with Gasteiger partial charge in [0, 0.05) is 6.54 Å². The second-order valence-electron chi connectivity index (χ2n) is 4.74. The molecule has 1 atom stereocenters. The lowest BCUT2D eigenvalue weighted by molar-refractivity contribution is -0.155. The summed E-state index contributed by atoms with van der Waals surface area (Å²) in [7, 11) is 0. The first-order chi connectivity index (χ1) is 8.56. The van der Waals surface area contributed by atoms with Gasteiger partial charge in [-0.25, -0.2) is 0 Å². The summed E-state index contributed by atoms with van der Waals surface area (Å²) < 4.78 is 12.3. The fraction of sp³-hybridized carbons (Fsp3) is 0.846. The first-order valence-electron chi connectivity index (χ1n) is 6.75. The van der Waals surface area contributed by atoms with Crippen LogP contribution in [0.3, 0.4) is 0 Å². The van der Waals surface area contributed by atoms with E-state index in [0.29, 0.717) is 32.2 Å². The molecule has 0 aromatic rings. The summed E-state index contributed by atoms with van der Waals surface area (Å²) in [6.45, 7) is 5.50. The van der Waals surface area contributed by atoms with Crippen LogP contribution in [-0.4, -0.2) is 41.5 Å². The van der Waals surface area contributed by atoms with Crippen LogP contribution in [0.25, 0.3) is 0 Å². The third kappa shape index (κ3) is 2.49. The average molecular weight is 258 g/mol.